The van der Waals surface area contributed by atoms with Crippen LogP contribution >= 0.6 is 0 Å². The summed E-state index contributed by atoms with van der Waals surface area (Å²) in [5.41, 5.74) is -0.266. The molecule has 0 aromatic carbocycles. The number of hydrogen-bond donors (Lipinski definition) is 0. The lowest BCUT2D eigenvalue weighted by Gasteiger charge is -2.35. The highest BCUT2D eigenvalue weighted by atomic mass is 28.4. The Balaban J connectivity index is 0.837. The van der Waals surface area contributed by atoms with Gasteiger partial charge in [0.1, 0.15) is 0 Å². The molecule has 0 bridgehead atoms. The molecule has 0 aromatic rings. The highest BCUT2D eigenvalue weighted by molar-refractivity contribution is 6.86. The summed E-state index contributed by atoms with van der Waals surface area (Å²) < 4.78 is 75.9. The maximum Gasteiger partial charge on any atom is 0.173 e. The van der Waals surface area contributed by atoms with Gasteiger partial charge in [0.05, 0.1) is 96.1 Å². The molecular formula is C57H116O12Si6. The second-order valence-electron chi connectivity index (χ2n) is 28.3. The third-order valence-corrected chi connectivity index (χ3v) is 40.2. The number of fused-ring (bicyclic) bond motifs is 3. The monoisotopic (exact) mass is 1160 g/mol. The molecule has 0 N–H and O–H groups in total. The molecular weight excluding hydrogens is 1050 g/mol. The first-order valence-electron chi connectivity index (χ1n) is 31.0. The van der Waals surface area contributed by atoms with Crippen LogP contribution in [0.15, 0.2) is 0 Å². The molecule has 0 radical (unpaired) electrons. The first kappa shape index (κ1) is 65.0. The smallest absolute Gasteiger partial charge is 0.173 e. The van der Waals surface area contributed by atoms with Crippen LogP contribution in [-0.4, -0.2) is 166 Å². The lowest BCUT2D eigenvalue weighted by Crippen LogP contribution is -2.44. The summed E-state index contributed by atoms with van der Waals surface area (Å²) >= 11 is 0. The summed E-state index contributed by atoms with van der Waals surface area (Å²) in [5, 5.41) is 0. The Morgan fingerprint density at radius 3 is 0.867 bits per heavy atom. The van der Waals surface area contributed by atoms with Crippen molar-refractivity contribution in [3.63, 3.8) is 0 Å². The second-order valence-corrected chi connectivity index (χ2v) is 54.9. The predicted molar refractivity (Wildman–Crippen MR) is 320 cm³/mol. The fourth-order valence-corrected chi connectivity index (χ4v) is 39.9. The molecule has 9 unspecified atom stereocenters. The zero-order valence-electron chi connectivity index (χ0n) is 50.6. The molecule has 0 aromatic heterocycles. The Morgan fingerprint density at radius 1 is 0.333 bits per heavy atom. The minimum Gasteiger partial charge on any atom is -0.455 e. The van der Waals surface area contributed by atoms with Gasteiger partial charge < -0.3 is 55.0 Å². The third kappa shape index (κ3) is 25.9. The van der Waals surface area contributed by atoms with Crippen molar-refractivity contribution in [3.8, 4) is 0 Å². The summed E-state index contributed by atoms with van der Waals surface area (Å²) in [6, 6.07) is 7.17. The largest absolute Gasteiger partial charge is 0.455 e. The van der Waals surface area contributed by atoms with E-state index in [0.717, 1.165) is 81.4 Å². The standard InChI is InChI=1S/C57H116O12Si6/c1-14-57(45-61-33-30-58-27-15-36-70(2,3)67-73(8,9)39-24-48-18-21-51-54(42-48)64-51,46-62-34-31-59-28-16-37-71(4,5)68-74(10,11)40-25-49-19-22-52-55(43-49)65-52)47-63-35-32-60-29-17-38-72(6,7)69-75(12,13)41-26-50-20-23-53-56(44-50)66-53/h48-56H,14-47H2,1-13H3. The van der Waals surface area contributed by atoms with Crippen LogP contribution in [-0.2, 0) is 55.0 Å². The van der Waals surface area contributed by atoms with Gasteiger partial charge in [-0.2, -0.15) is 0 Å². The Morgan fingerprint density at radius 2 is 0.600 bits per heavy atom. The van der Waals surface area contributed by atoms with Crippen molar-refractivity contribution < 1.29 is 55.0 Å². The summed E-state index contributed by atoms with van der Waals surface area (Å²) in [6.45, 7) is 38.6. The van der Waals surface area contributed by atoms with Crippen molar-refractivity contribution in [2.24, 2.45) is 23.2 Å². The Bertz CT molecular complexity index is 1450. The van der Waals surface area contributed by atoms with Gasteiger partial charge in [0.15, 0.2) is 49.9 Å². The molecule has 3 heterocycles. The molecule has 75 heavy (non-hydrogen) atoms. The van der Waals surface area contributed by atoms with Crippen LogP contribution in [0.4, 0.5) is 0 Å². The van der Waals surface area contributed by atoms with Crippen LogP contribution in [0, 0.1) is 23.2 Å². The molecule has 3 saturated heterocycles. The number of rotatable bonds is 43. The van der Waals surface area contributed by atoms with E-state index in [1.165, 1.54) is 95.2 Å². The van der Waals surface area contributed by atoms with Crippen molar-refractivity contribution >= 4 is 49.9 Å². The average molecular weight is 1160 g/mol. The first-order valence-corrected chi connectivity index (χ1v) is 49.7. The molecule has 9 atom stereocenters. The van der Waals surface area contributed by atoms with Crippen LogP contribution in [0.2, 0.25) is 115 Å². The fourth-order valence-electron chi connectivity index (χ4n) is 13.2. The highest BCUT2D eigenvalue weighted by Crippen LogP contribution is 2.44. The van der Waals surface area contributed by atoms with E-state index in [2.05, 4.69) is 85.5 Å². The van der Waals surface area contributed by atoms with Crippen molar-refractivity contribution in [2.45, 2.75) is 261 Å². The zero-order chi connectivity index (χ0) is 54.2. The minimum atomic E-state index is -1.77. The quantitative estimate of drug-likeness (QED) is 0.0328. The van der Waals surface area contributed by atoms with Crippen molar-refractivity contribution in [3.05, 3.63) is 0 Å². The Kier molecular flexibility index (Phi) is 26.3. The zero-order valence-corrected chi connectivity index (χ0v) is 56.6. The van der Waals surface area contributed by atoms with Crippen LogP contribution in [0.1, 0.15) is 110 Å². The first-order chi connectivity index (χ1) is 35.4. The topological polar surface area (TPSA) is 121 Å². The van der Waals surface area contributed by atoms with Gasteiger partial charge in [-0.3, -0.25) is 0 Å². The Labute approximate surface area is 466 Å². The third-order valence-electron chi connectivity index (χ3n) is 17.8. The lowest BCUT2D eigenvalue weighted by molar-refractivity contribution is -0.0890. The molecule has 18 heteroatoms. The predicted octanol–water partition coefficient (Wildman–Crippen LogP) is 13.8. The second kappa shape index (κ2) is 30.4. The van der Waals surface area contributed by atoms with Crippen molar-refractivity contribution in [1.82, 2.24) is 0 Å². The SMILES string of the molecule is CCC(COCCOCCC[Si](C)(C)O[Si](C)(C)CCC1CCC2OC2C1)(COCCOCCC[Si](C)(C)O[Si](C)(C)CCC1CCC2OC2C1)COCCOCCC[Si](C)(C)O[Si](C)(C)CCC1CCC2OC2C1. The van der Waals surface area contributed by atoms with Gasteiger partial charge in [0, 0.05) is 25.2 Å². The summed E-state index contributed by atoms with van der Waals surface area (Å²) in [7, 11) is -10.4. The highest BCUT2D eigenvalue weighted by Gasteiger charge is 2.47. The number of hydrogen-bond acceptors (Lipinski definition) is 12. The number of epoxide rings is 3. The molecule has 6 fully saturated rings. The molecule has 6 rings (SSSR count). The van der Waals surface area contributed by atoms with Gasteiger partial charge in [-0.15, -0.1) is 0 Å². The van der Waals surface area contributed by atoms with Crippen molar-refractivity contribution in [2.75, 3.05) is 79.3 Å². The molecule has 0 spiro atoms. The van der Waals surface area contributed by atoms with E-state index >= 15 is 0 Å². The van der Waals surface area contributed by atoms with E-state index in [-0.39, 0.29) is 5.41 Å². The Hall–Kier alpha value is 0.821. The molecule has 440 valence electrons. The van der Waals surface area contributed by atoms with Gasteiger partial charge >= 0.3 is 0 Å². The van der Waals surface area contributed by atoms with Crippen molar-refractivity contribution in [1.29, 1.82) is 0 Å². The molecule has 3 aliphatic carbocycles. The molecule has 6 aliphatic rings. The van der Waals surface area contributed by atoms with E-state index in [0.29, 0.717) is 96.1 Å². The maximum absolute atomic E-state index is 7.00. The van der Waals surface area contributed by atoms with Gasteiger partial charge in [-0.25, -0.2) is 0 Å². The van der Waals surface area contributed by atoms with E-state index in [1.807, 2.05) is 0 Å². The van der Waals surface area contributed by atoms with Gasteiger partial charge in [0.2, 0.25) is 0 Å². The van der Waals surface area contributed by atoms with Crippen LogP contribution < -0.4 is 0 Å². The summed E-state index contributed by atoms with van der Waals surface area (Å²) in [4.78, 5) is 0. The molecule has 12 nitrogen and oxygen atoms in total. The fraction of sp³-hybridized carbons (Fsp3) is 1.00. The van der Waals surface area contributed by atoms with Gasteiger partial charge in [0.25, 0.3) is 0 Å². The molecule has 0 amide bonds. The molecule has 3 saturated carbocycles. The van der Waals surface area contributed by atoms with Crippen LogP contribution in [0.25, 0.3) is 0 Å². The van der Waals surface area contributed by atoms with Gasteiger partial charge in [-0.1, -0.05) is 26.2 Å². The summed E-state index contributed by atoms with van der Waals surface area (Å²) in [6.07, 6.45) is 23.0. The average Bonchev–Trinajstić information content (AvgIpc) is 4.23. The van der Waals surface area contributed by atoms with Gasteiger partial charge in [-0.05, 0) is 216 Å². The maximum atomic E-state index is 7.00. The van der Waals surface area contributed by atoms with E-state index in [1.54, 1.807) is 0 Å². The van der Waals surface area contributed by atoms with E-state index in [9.17, 15) is 0 Å². The lowest BCUT2D eigenvalue weighted by atomic mass is 9.88. The minimum absolute atomic E-state index is 0.266. The van der Waals surface area contributed by atoms with Crippen LogP contribution in [0.3, 0.4) is 0 Å². The normalized spacial score (nSPS) is 27.9. The summed E-state index contributed by atoms with van der Waals surface area (Å²) in [5.74, 6) is 2.49. The van der Waals surface area contributed by atoms with Crippen LogP contribution in [0.5, 0.6) is 0 Å². The number of ether oxygens (including phenoxy) is 9. The van der Waals surface area contributed by atoms with E-state index in [4.69, 9.17) is 55.0 Å². The molecule has 3 aliphatic heterocycles. The van der Waals surface area contributed by atoms with E-state index < -0.39 is 49.9 Å².